The standard InChI is InChI=1S/C41H54FIO4/c1-5-7-8-10-28-12-14-30(15-13-28)33-20-21-36(38(42)24-33)31-16-18-32(19-17-31)37-23-34(11-9-22-44)40(39(43)35(37)6-2)45-25-29-26-46-41(3,4)47-27-29/h16-21,23-24,28-30,44H,5-15,22,25-27H2,1-4H3. The highest BCUT2D eigenvalue weighted by Gasteiger charge is 2.29. The van der Waals surface area contributed by atoms with E-state index in [0.717, 1.165) is 55.9 Å². The zero-order valence-electron chi connectivity index (χ0n) is 28.9. The van der Waals surface area contributed by atoms with E-state index >= 15 is 4.39 Å². The molecule has 1 aliphatic carbocycles. The van der Waals surface area contributed by atoms with Crippen LogP contribution < -0.4 is 4.74 Å². The first kappa shape index (κ1) is 36.3. The van der Waals surface area contributed by atoms with Crippen molar-refractivity contribution in [2.24, 2.45) is 11.8 Å². The Kier molecular flexibility index (Phi) is 13.2. The predicted molar refractivity (Wildman–Crippen MR) is 199 cm³/mol. The molecular weight excluding hydrogens is 702 g/mol. The van der Waals surface area contributed by atoms with Crippen molar-refractivity contribution in [3.8, 4) is 28.0 Å². The quantitative estimate of drug-likeness (QED) is 0.131. The highest BCUT2D eigenvalue weighted by Crippen LogP contribution is 2.41. The average molecular weight is 757 g/mol. The molecular formula is C41H54FIO4. The number of aliphatic hydroxyl groups excluding tert-OH is 1. The molecule has 0 unspecified atom stereocenters. The molecule has 47 heavy (non-hydrogen) atoms. The predicted octanol–water partition coefficient (Wildman–Crippen LogP) is 10.9. The monoisotopic (exact) mass is 756 g/mol. The molecule has 3 aromatic rings. The zero-order valence-corrected chi connectivity index (χ0v) is 31.0. The van der Waals surface area contributed by atoms with E-state index in [1.807, 2.05) is 32.0 Å². The number of benzene rings is 3. The first-order valence-electron chi connectivity index (χ1n) is 18.0. The highest BCUT2D eigenvalue weighted by molar-refractivity contribution is 14.1. The molecule has 2 fully saturated rings. The van der Waals surface area contributed by atoms with Crippen molar-refractivity contribution < 1.29 is 23.7 Å². The topological polar surface area (TPSA) is 47.9 Å². The van der Waals surface area contributed by atoms with Gasteiger partial charge in [-0.25, -0.2) is 4.39 Å². The summed E-state index contributed by atoms with van der Waals surface area (Å²) in [6.07, 6.45) is 12.5. The van der Waals surface area contributed by atoms with Gasteiger partial charge in [0.1, 0.15) is 11.6 Å². The normalized spacial score (nSPS) is 20.0. The SMILES string of the molecule is CCCCCC1CCC(c2ccc(-c3ccc(-c4cc(CCCO)c(OCC5COC(C)(C)OC5)c(I)c4CC)cc3)c(F)c2)CC1. The summed E-state index contributed by atoms with van der Waals surface area (Å²) >= 11 is 2.42. The summed E-state index contributed by atoms with van der Waals surface area (Å²) in [5, 5.41) is 9.65. The molecule has 5 rings (SSSR count). The Morgan fingerprint density at radius 1 is 0.872 bits per heavy atom. The molecule has 0 aromatic heterocycles. The van der Waals surface area contributed by atoms with Crippen LogP contribution in [0.2, 0.25) is 0 Å². The molecule has 0 bridgehead atoms. The molecule has 0 atom stereocenters. The lowest BCUT2D eigenvalue weighted by Gasteiger charge is -2.35. The second-order valence-electron chi connectivity index (χ2n) is 14.1. The van der Waals surface area contributed by atoms with Gasteiger partial charge < -0.3 is 19.3 Å². The summed E-state index contributed by atoms with van der Waals surface area (Å²) in [6, 6.07) is 16.5. The molecule has 3 aromatic carbocycles. The summed E-state index contributed by atoms with van der Waals surface area (Å²) in [7, 11) is 0. The molecule has 1 aliphatic heterocycles. The molecule has 4 nitrogen and oxygen atoms in total. The van der Waals surface area contributed by atoms with E-state index in [4.69, 9.17) is 14.2 Å². The van der Waals surface area contributed by atoms with Gasteiger partial charge in [0.15, 0.2) is 5.79 Å². The van der Waals surface area contributed by atoms with Crippen LogP contribution in [-0.4, -0.2) is 37.3 Å². The Hall–Kier alpha value is -2.00. The van der Waals surface area contributed by atoms with Crippen molar-refractivity contribution in [1.82, 2.24) is 0 Å². The minimum Gasteiger partial charge on any atom is -0.492 e. The maximum Gasteiger partial charge on any atom is 0.162 e. The Balaban J connectivity index is 1.31. The largest absolute Gasteiger partial charge is 0.492 e. The van der Waals surface area contributed by atoms with E-state index in [1.165, 1.54) is 56.9 Å². The maximum atomic E-state index is 15.6. The van der Waals surface area contributed by atoms with E-state index in [9.17, 15) is 5.11 Å². The lowest BCUT2D eigenvalue weighted by Crippen LogP contribution is -2.41. The van der Waals surface area contributed by atoms with Gasteiger partial charge in [-0.2, -0.15) is 0 Å². The van der Waals surface area contributed by atoms with E-state index < -0.39 is 5.79 Å². The van der Waals surface area contributed by atoms with Crippen molar-refractivity contribution in [2.75, 3.05) is 26.4 Å². The second-order valence-corrected chi connectivity index (χ2v) is 15.2. The fourth-order valence-electron chi connectivity index (χ4n) is 7.28. The van der Waals surface area contributed by atoms with Gasteiger partial charge in [0.2, 0.25) is 0 Å². The minimum atomic E-state index is -0.550. The summed E-state index contributed by atoms with van der Waals surface area (Å²) in [5.74, 6) is 1.70. The molecule has 0 spiro atoms. The summed E-state index contributed by atoms with van der Waals surface area (Å²) in [6.45, 7) is 10.2. The molecule has 2 aliphatic rings. The molecule has 1 saturated heterocycles. The molecule has 0 amide bonds. The third-order valence-corrected chi connectivity index (χ3v) is 11.3. The van der Waals surface area contributed by atoms with Crippen LogP contribution in [0.1, 0.15) is 108 Å². The van der Waals surface area contributed by atoms with E-state index in [2.05, 4.69) is 60.7 Å². The van der Waals surface area contributed by atoms with Crippen LogP contribution in [0.4, 0.5) is 4.39 Å². The van der Waals surface area contributed by atoms with Gasteiger partial charge >= 0.3 is 0 Å². The zero-order chi connectivity index (χ0) is 33.4. The van der Waals surface area contributed by atoms with Gasteiger partial charge in [-0.05, 0) is 139 Å². The highest BCUT2D eigenvalue weighted by atomic mass is 127. The van der Waals surface area contributed by atoms with Crippen LogP contribution in [0.25, 0.3) is 22.3 Å². The van der Waals surface area contributed by atoms with Crippen LogP contribution in [0.15, 0.2) is 48.5 Å². The van der Waals surface area contributed by atoms with E-state index in [0.29, 0.717) is 37.7 Å². The number of hydrogen-bond acceptors (Lipinski definition) is 4. The molecule has 6 heteroatoms. The number of rotatable bonds is 14. The van der Waals surface area contributed by atoms with Crippen molar-refractivity contribution in [3.63, 3.8) is 0 Å². The van der Waals surface area contributed by atoms with E-state index in [1.54, 1.807) is 6.07 Å². The van der Waals surface area contributed by atoms with Gasteiger partial charge in [0.25, 0.3) is 0 Å². The molecule has 0 radical (unpaired) electrons. The second kappa shape index (κ2) is 17.1. The van der Waals surface area contributed by atoms with Crippen molar-refractivity contribution in [2.45, 2.75) is 110 Å². The Morgan fingerprint density at radius 2 is 1.55 bits per heavy atom. The fourth-order valence-corrected chi connectivity index (χ4v) is 8.45. The maximum absolute atomic E-state index is 15.6. The Bertz CT molecular complexity index is 1430. The van der Waals surface area contributed by atoms with Crippen LogP contribution in [-0.2, 0) is 22.3 Å². The minimum absolute atomic E-state index is 0.125. The van der Waals surface area contributed by atoms with Crippen LogP contribution >= 0.6 is 22.6 Å². The molecule has 256 valence electrons. The van der Waals surface area contributed by atoms with Crippen molar-refractivity contribution in [1.29, 1.82) is 0 Å². The van der Waals surface area contributed by atoms with Gasteiger partial charge in [-0.1, -0.05) is 75.9 Å². The first-order chi connectivity index (χ1) is 22.7. The lowest BCUT2D eigenvalue weighted by molar-refractivity contribution is -0.264. The Labute approximate surface area is 295 Å². The van der Waals surface area contributed by atoms with Gasteiger partial charge in [-0.3, -0.25) is 0 Å². The fraction of sp³-hybridized carbons (Fsp3) is 0.561. The van der Waals surface area contributed by atoms with Gasteiger partial charge in [0.05, 0.1) is 23.4 Å². The van der Waals surface area contributed by atoms with Crippen LogP contribution in [0, 0.1) is 21.2 Å². The number of aliphatic hydroxyl groups is 1. The van der Waals surface area contributed by atoms with Crippen LogP contribution in [0.5, 0.6) is 5.75 Å². The Morgan fingerprint density at radius 3 is 2.17 bits per heavy atom. The third kappa shape index (κ3) is 9.37. The molecule has 1 heterocycles. The summed E-state index contributed by atoms with van der Waals surface area (Å²) in [4.78, 5) is 0. The number of aryl methyl sites for hydroxylation is 1. The molecule has 1 N–H and O–H groups in total. The number of ether oxygens (including phenoxy) is 3. The van der Waals surface area contributed by atoms with E-state index in [-0.39, 0.29) is 18.3 Å². The summed E-state index contributed by atoms with van der Waals surface area (Å²) < 4.78 is 34.9. The number of halogens is 2. The molecule has 1 saturated carbocycles. The first-order valence-corrected chi connectivity index (χ1v) is 19.1. The van der Waals surface area contributed by atoms with Gasteiger partial charge in [0, 0.05) is 18.1 Å². The van der Waals surface area contributed by atoms with Crippen LogP contribution in [0.3, 0.4) is 0 Å². The smallest absolute Gasteiger partial charge is 0.162 e. The lowest BCUT2D eigenvalue weighted by atomic mass is 9.77. The van der Waals surface area contributed by atoms with Crippen molar-refractivity contribution >= 4 is 22.6 Å². The third-order valence-electron chi connectivity index (χ3n) is 10.2. The number of unbranched alkanes of at least 4 members (excludes halogenated alkanes) is 2. The number of hydrogen-bond donors (Lipinski definition) is 1. The van der Waals surface area contributed by atoms with Gasteiger partial charge in [-0.15, -0.1) is 0 Å². The average Bonchev–Trinajstić information content (AvgIpc) is 3.08. The summed E-state index contributed by atoms with van der Waals surface area (Å²) in [5.41, 5.74) is 7.29. The van der Waals surface area contributed by atoms with Crippen molar-refractivity contribution in [3.05, 3.63) is 74.6 Å².